The van der Waals surface area contributed by atoms with E-state index in [0.29, 0.717) is 6.61 Å². The highest BCUT2D eigenvalue weighted by Gasteiger charge is 2.51. The summed E-state index contributed by atoms with van der Waals surface area (Å²) in [7, 11) is 1.65. The van der Waals surface area contributed by atoms with Gasteiger partial charge in [0.25, 0.3) is 0 Å². The van der Waals surface area contributed by atoms with Crippen LogP contribution in [0, 0.1) is 0 Å². The number of hydrogen-bond acceptors (Lipinski definition) is 2. The Morgan fingerprint density at radius 2 is 2.06 bits per heavy atom. The van der Waals surface area contributed by atoms with Gasteiger partial charge in [-0.05, 0) is 25.3 Å². The normalized spacial score (nSPS) is 18.5. The molecule has 1 N–H and O–H groups in total. The second-order valence-corrected chi connectivity index (χ2v) is 4.78. The quantitative estimate of drug-likeness (QED) is 0.843. The molecule has 3 heteroatoms. The Bertz CT molecular complexity index is 384. The van der Waals surface area contributed by atoms with Crippen LogP contribution in [0.15, 0.2) is 30.3 Å². The fourth-order valence-corrected chi connectivity index (χ4v) is 2.18. The zero-order valence-corrected chi connectivity index (χ0v) is 10.4. The molecular weight excluding hydrogens is 214 g/mol. The van der Waals surface area contributed by atoms with Gasteiger partial charge in [-0.25, -0.2) is 0 Å². The van der Waals surface area contributed by atoms with Crippen molar-refractivity contribution >= 4 is 5.91 Å². The van der Waals surface area contributed by atoms with Crippen molar-refractivity contribution in [3.63, 3.8) is 0 Å². The van der Waals surface area contributed by atoms with Crippen LogP contribution in [0.1, 0.15) is 25.3 Å². The van der Waals surface area contributed by atoms with Gasteiger partial charge in [-0.3, -0.25) is 4.79 Å². The van der Waals surface area contributed by atoms with Crippen LogP contribution < -0.4 is 5.32 Å². The fourth-order valence-electron chi connectivity index (χ4n) is 2.18. The van der Waals surface area contributed by atoms with Gasteiger partial charge in [-0.1, -0.05) is 30.3 Å². The second-order valence-electron chi connectivity index (χ2n) is 4.78. The Labute approximate surface area is 102 Å². The van der Waals surface area contributed by atoms with E-state index in [1.165, 1.54) is 0 Å². The largest absolute Gasteiger partial charge is 0.383 e. The lowest BCUT2D eigenvalue weighted by Crippen LogP contribution is -2.42. The average Bonchev–Trinajstić information content (AvgIpc) is 3.11. The number of hydrogen-bond donors (Lipinski definition) is 1. The summed E-state index contributed by atoms with van der Waals surface area (Å²) in [5.41, 5.74) is 0.852. The van der Waals surface area contributed by atoms with Gasteiger partial charge in [0, 0.05) is 13.2 Å². The molecule has 0 bridgehead atoms. The lowest BCUT2D eigenvalue weighted by Gasteiger charge is -2.19. The first-order valence-corrected chi connectivity index (χ1v) is 6.04. The molecule has 1 amide bonds. The Hall–Kier alpha value is -1.35. The Kier molecular flexibility index (Phi) is 3.48. The summed E-state index contributed by atoms with van der Waals surface area (Å²) in [6.07, 6.45) is 1.89. The molecule has 17 heavy (non-hydrogen) atoms. The molecule has 2 rings (SSSR count). The van der Waals surface area contributed by atoms with E-state index in [2.05, 4.69) is 5.32 Å². The van der Waals surface area contributed by atoms with Crippen molar-refractivity contribution in [1.29, 1.82) is 0 Å². The Morgan fingerprint density at radius 1 is 1.41 bits per heavy atom. The van der Waals surface area contributed by atoms with Crippen molar-refractivity contribution < 1.29 is 9.53 Å². The monoisotopic (exact) mass is 233 g/mol. The highest BCUT2D eigenvalue weighted by atomic mass is 16.5. The summed E-state index contributed by atoms with van der Waals surface area (Å²) in [6, 6.07) is 10.1. The van der Waals surface area contributed by atoms with Gasteiger partial charge in [0.2, 0.25) is 5.91 Å². The van der Waals surface area contributed by atoms with Crippen LogP contribution in [-0.2, 0) is 14.9 Å². The molecule has 0 aliphatic heterocycles. The van der Waals surface area contributed by atoms with Crippen molar-refractivity contribution in [2.45, 2.75) is 31.2 Å². The Balaban J connectivity index is 2.04. The van der Waals surface area contributed by atoms with Crippen LogP contribution in [0.2, 0.25) is 0 Å². The summed E-state index contributed by atoms with van der Waals surface area (Å²) in [5.74, 6) is 0.133. The standard InChI is InChI=1S/C14H19NO2/c1-11(10-17-2)15-13(16)14(8-9-14)12-6-4-3-5-7-12/h3-7,11H,8-10H2,1-2H3,(H,15,16)/t11-/m0/s1. The van der Waals surface area contributed by atoms with Crippen LogP contribution >= 0.6 is 0 Å². The summed E-state index contributed by atoms with van der Waals surface area (Å²) < 4.78 is 5.03. The highest BCUT2D eigenvalue weighted by molar-refractivity contribution is 5.91. The summed E-state index contributed by atoms with van der Waals surface area (Å²) in [6.45, 7) is 2.51. The van der Waals surface area contributed by atoms with Crippen molar-refractivity contribution in [2.75, 3.05) is 13.7 Å². The van der Waals surface area contributed by atoms with E-state index < -0.39 is 0 Å². The molecule has 0 unspecified atom stereocenters. The van der Waals surface area contributed by atoms with Gasteiger partial charge in [0.15, 0.2) is 0 Å². The number of rotatable bonds is 5. The molecule has 1 aliphatic rings. The number of methoxy groups -OCH3 is 1. The predicted octanol–water partition coefficient (Wildman–Crippen LogP) is 1.87. The lowest BCUT2D eigenvalue weighted by atomic mass is 9.95. The average molecular weight is 233 g/mol. The van der Waals surface area contributed by atoms with Crippen LogP contribution in [-0.4, -0.2) is 25.7 Å². The SMILES string of the molecule is COC[C@H](C)NC(=O)C1(c2ccccc2)CC1. The van der Waals surface area contributed by atoms with Gasteiger partial charge < -0.3 is 10.1 Å². The second kappa shape index (κ2) is 4.88. The van der Waals surface area contributed by atoms with Gasteiger partial charge in [0.1, 0.15) is 0 Å². The molecule has 0 saturated heterocycles. The molecule has 0 aromatic heterocycles. The number of carbonyl (C=O) groups excluding carboxylic acids is 1. The minimum atomic E-state index is -0.275. The van der Waals surface area contributed by atoms with E-state index in [1.807, 2.05) is 37.3 Å². The minimum Gasteiger partial charge on any atom is -0.383 e. The molecule has 3 nitrogen and oxygen atoms in total. The van der Waals surface area contributed by atoms with Gasteiger partial charge >= 0.3 is 0 Å². The third-order valence-electron chi connectivity index (χ3n) is 3.31. The van der Waals surface area contributed by atoms with Crippen LogP contribution in [0.25, 0.3) is 0 Å². The number of amides is 1. The highest BCUT2D eigenvalue weighted by Crippen LogP contribution is 2.48. The van der Waals surface area contributed by atoms with Crippen molar-refractivity contribution in [2.24, 2.45) is 0 Å². The predicted molar refractivity (Wildman–Crippen MR) is 66.8 cm³/mol. The number of nitrogens with one attached hydrogen (secondary N) is 1. The maximum Gasteiger partial charge on any atom is 0.230 e. The van der Waals surface area contributed by atoms with Gasteiger partial charge in [-0.2, -0.15) is 0 Å². The van der Waals surface area contributed by atoms with Crippen molar-refractivity contribution in [1.82, 2.24) is 5.32 Å². The molecule has 0 spiro atoms. The zero-order chi connectivity index (χ0) is 12.3. The van der Waals surface area contributed by atoms with E-state index >= 15 is 0 Å². The van der Waals surface area contributed by atoms with E-state index in [-0.39, 0.29) is 17.4 Å². The number of carbonyl (C=O) groups is 1. The van der Waals surface area contributed by atoms with E-state index in [4.69, 9.17) is 4.74 Å². The van der Waals surface area contributed by atoms with Crippen LogP contribution in [0.4, 0.5) is 0 Å². The van der Waals surface area contributed by atoms with Crippen molar-refractivity contribution in [3.8, 4) is 0 Å². The van der Waals surface area contributed by atoms with Gasteiger partial charge in [0.05, 0.1) is 12.0 Å². The molecule has 1 aromatic carbocycles. The molecule has 0 heterocycles. The van der Waals surface area contributed by atoms with Crippen LogP contribution in [0.5, 0.6) is 0 Å². The number of benzene rings is 1. The smallest absolute Gasteiger partial charge is 0.230 e. The Morgan fingerprint density at radius 3 is 2.59 bits per heavy atom. The summed E-state index contributed by atoms with van der Waals surface area (Å²) >= 11 is 0. The van der Waals surface area contributed by atoms with Crippen LogP contribution in [0.3, 0.4) is 0 Å². The third kappa shape index (κ3) is 2.50. The fraction of sp³-hybridized carbons (Fsp3) is 0.500. The molecule has 1 saturated carbocycles. The minimum absolute atomic E-state index is 0.0636. The molecule has 0 radical (unpaired) electrons. The first-order valence-electron chi connectivity index (χ1n) is 6.04. The topological polar surface area (TPSA) is 38.3 Å². The van der Waals surface area contributed by atoms with E-state index in [9.17, 15) is 4.79 Å². The molecular formula is C14H19NO2. The molecule has 1 aliphatic carbocycles. The summed E-state index contributed by atoms with van der Waals surface area (Å²) in [4.78, 5) is 12.2. The third-order valence-corrected chi connectivity index (χ3v) is 3.31. The van der Waals surface area contributed by atoms with E-state index in [0.717, 1.165) is 18.4 Å². The maximum absolute atomic E-state index is 12.2. The first kappa shape index (κ1) is 12.1. The van der Waals surface area contributed by atoms with Crippen molar-refractivity contribution in [3.05, 3.63) is 35.9 Å². The van der Waals surface area contributed by atoms with Gasteiger partial charge in [-0.15, -0.1) is 0 Å². The first-order chi connectivity index (χ1) is 8.19. The lowest BCUT2D eigenvalue weighted by molar-refractivity contribution is -0.124. The molecule has 92 valence electrons. The number of ether oxygens (including phenoxy) is 1. The summed E-state index contributed by atoms with van der Waals surface area (Å²) in [5, 5.41) is 3.02. The molecule has 1 fully saturated rings. The molecule has 1 atom stereocenters. The molecule has 1 aromatic rings. The zero-order valence-electron chi connectivity index (χ0n) is 10.4. The van der Waals surface area contributed by atoms with E-state index in [1.54, 1.807) is 7.11 Å². The maximum atomic E-state index is 12.2.